The molecule has 0 saturated carbocycles. The molecule has 0 rings (SSSR count). The van der Waals surface area contributed by atoms with E-state index in [0.29, 0.717) is 12.8 Å². The maximum absolute atomic E-state index is 11.0. The zero-order chi connectivity index (χ0) is 18.1. The van der Waals surface area contributed by atoms with Gasteiger partial charge in [0.1, 0.15) is 11.6 Å². The van der Waals surface area contributed by atoms with Gasteiger partial charge in [-0.2, -0.15) is 0 Å². The zero-order valence-corrected chi connectivity index (χ0v) is 14.4. The maximum Gasteiger partial charge on any atom is 0.309 e. The third kappa shape index (κ3) is 7.90. The van der Waals surface area contributed by atoms with Gasteiger partial charge >= 0.3 is 11.9 Å². The Morgan fingerprint density at radius 1 is 0.818 bits per heavy atom. The first-order valence-electron chi connectivity index (χ1n) is 7.30. The highest BCUT2D eigenvalue weighted by Crippen LogP contribution is 2.26. The maximum atomic E-state index is 11.0. The van der Waals surface area contributed by atoms with E-state index in [4.69, 9.17) is 10.2 Å². The molecule has 0 heterocycles. The lowest BCUT2D eigenvalue weighted by Gasteiger charge is -2.21. The molecule has 0 bridgehead atoms. The molecule has 2 unspecified atom stereocenters. The van der Waals surface area contributed by atoms with E-state index in [0.717, 1.165) is 0 Å². The van der Waals surface area contributed by atoms with Crippen LogP contribution >= 0.6 is 0 Å². The van der Waals surface area contributed by atoms with Crippen molar-refractivity contribution in [1.29, 1.82) is 0 Å². The molecule has 0 aromatic rings. The van der Waals surface area contributed by atoms with Crippen molar-refractivity contribution in [1.82, 2.24) is 0 Å². The van der Waals surface area contributed by atoms with Gasteiger partial charge in [-0.1, -0.05) is 20.8 Å². The Bertz CT molecular complexity index is 388. The molecule has 6 nitrogen and oxygen atoms in total. The first kappa shape index (κ1) is 22.6. The van der Waals surface area contributed by atoms with Gasteiger partial charge in [0.05, 0.1) is 11.8 Å². The number of Topliss-reactive ketones (excluding diaryl/α,β-unsaturated/α-hetero) is 2. The minimum atomic E-state index is -0.912. The molecule has 0 fully saturated rings. The Morgan fingerprint density at radius 3 is 1.32 bits per heavy atom. The molecule has 0 aromatic carbocycles. The van der Waals surface area contributed by atoms with Crippen molar-refractivity contribution in [3.05, 3.63) is 0 Å². The van der Waals surface area contributed by atoms with Crippen LogP contribution in [0, 0.1) is 10.8 Å². The lowest BCUT2D eigenvalue weighted by molar-refractivity contribution is -0.150. The van der Waals surface area contributed by atoms with E-state index in [9.17, 15) is 19.2 Å². The Labute approximate surface area is 131 Å². The van der Waals surface area contributed by atoms with E-state index < -0.39 is 22.8 Å². The largest absolute Gasteiger partial charge is 0.481 e. The molecular weight excluding hydrogens is 288 g/mol. The molecule has 2 N–H and O–H groups in total. The van der Waals surface area contributed by atoms with Crippen LogP contribution in [0.15, 0.2) is 0 Å². The van der Waals surface area contributed by atoms with Crippen molar-refractivity contribution in [3.63, 3.8) is 0 Å². The fraction of sp³-hybridized carbons (Fsp3) is 0.750. The lowest BCUT2D eigenvalue weighted by Crippen LogP contribution is -2.28. The Hall–Kier alpha value is -1.72. The lowest BCUT2D eigenvalue weighted by atomic mass is 9.80. The molecule has 0 aliphatic heterocycles. The SMILES string of the molecule is CCC(C)(CC(=O)O)C(C)=O.CCC(C)(CC(C)=O)C(=O)O. The van der Waals surface area contributed by atoms with Gasteiger partial charge in [0.25, 0.3) is 0 Å². The predicted molar refractivity (Wildman–Crippen MR) is 82.7 cm³/mol. The van der Waals surface area contributed by atoms with Gasteiger partial charge in [-0.15, -0.1) is 0 Å². The number of aliphatic carboxylic acids is 2. The molecule has 2 atom stereocenters. The van der Waals surface area contributed by atoms with Crippen molar-refractivity contribution in [2.75, 3.05) is 0 Å². The fourth-order valence-corrected chi connectivity index (χ4v) is 1.73. The summed E-state index contributed by atoms with van der Waals surface area (Å²) < 4.78 is 0. The highest BCUT2D eigenvalue weighted by atomic mass is 16.4. The van der Waals surface area contributed by atoms with Gasteiger partial charge in [-0.05, 0) is 33.6 Å². The van der Waals surface area contributed by atoms with Crippen LogP contribution in [0.1, 0.15) is 67.2 Å². The van der Waals surface area contributed by atoms with Crippen LogP contribution in [0.5, 0.6) is 0 Å². The van der Waals surface area contributed by atoms with E-state index in [2.05, 4.69) is 0 Å². The molecule has 22 heavy (non-hydrogen) atoms. The van der Waals surface area contributed by atoms with Crippen LogP contribution in [0.4, 0.5) is 0 Å². The normalized spacial score (nSPS) is 15.5. The standard InChI is InChI=1S/2C8H14O3/c1-4-8(3,6(2)9)5-7(10)11;1-4-8(3,7(10)11)5-6(2)9/h2*4-5H2,1-3H3,(H,10,11). The van der Waals surface area contributed by atoms with Crippen molar-refractivity contribution in [2.24, 2.45) is 10.8 Å². The van der Waals surface area contributed by atoms with Crippen molar-refractivity contribution >= 4 is 23.5 Å². The first-order valence-corrected chi connectivity index (χ1v) is 7.30. The molecular formula is C16H28O6. The number of hydrogen-bond acceptors (Lipinski definition) is 4. The Kier molecular flexibility index (Phi) is 9.57. The fourth-order valence-electron chi connectivity index (χ4n) is 1.73. The number of hydrogen-bond donors (Lipinski definition) is 2. The summed E-state index contributed by atoms with van der Waals surface area (Å²) in [6.07, 6.45) is 1.12. The van der Waals surface area contributed by atoms with Crippen LogP contribution in [-0.2, 0) is 19.2 Å². The van der Waals surface area contributed by atoms with Gasteiger partial charge in [0.15, 0.2) is 0 Å². The smallest absolute Gasteiger partial charge is 0.309 e. The highest BCUT2D eigenvalue weighted by molar-refractivity contribution is 5.86. The van der Waals surface area contributed by atoms with Crippen LogP contribution in [0.2, 0.25) is 0 Å². The molecule has 0 radical (unpaired) electrons. The summed E-state index contributed by atoms with van der Waals surface area (Å²) in [4.78, 5) is 42.6. The number of ketones is 2. The molecule has 0 aromatic heterocycles. The van der Waals surface area contributed by atoms with Gasteiger partial charge < -0.3 is 10.2 Å². The summed E-state index contributed by atoms with van der Waals surface area (Å²) >= 11 is 0. The minimum Gasteiger partial charge on any atom is -0.481 e. The summed E-state index contributed by atoms with van der Waals surface area (Å²) in [5, 5.41) is 17.2. The average Bonchev–Trinajstić information content (AvgIpc) is 2.37. The number of carboxylic acids is 2. The van der Waals surface area contributed by atoms with Crippen LogP contribution in [0.25, 0.3) is 0 Å². The van der Waals surface area contributed by atoms with Crippen LogP contribution in [0.3, 0.4) is 0 Å². The van der Waals surface area contributed by atoms with Gasteiger partial charge in [-0.25, -0.2) is 0 Å². The Balaban J connectivity index is 0. The van der Waals surface area contributed by atoms with E-state index in [1.807, 2.05) is 6.92 Å². The monoisotopic (exact) mass is 316 g/mol. The van der Waals surface area contributed by atoms with Crippen molar-refractivity contribution in [3.8, 4) is 0 Å². The molecule has 0 aliphatic rings. The Morgan fingerprint density at radius 2 is 1.23 bits per heavy atom. The summed E-state index contributed by atoms with van der Waals surface area (Å²) in [7, 11) is 0. The van der Waals surface area contributed by atoms with E-state index in [1.165, 1.54) is 13.8 Å². The van der Waals surface area contributed by atoms with E-state index >= 15 is 0 Å². The molecule has 128 valence electrons. The summed E-state index contributed by atoms with van der Waals surface area (Å²) in [5.41, 5.74) is -1.54. The summed E-state index contributed by atoms with van der Waals surface area (Å²) in [6, 6.07) is 0. The number of carbonyl (C=O) groups excluding carboxylic acids is 2. The number of carbonyl (C=O) groups is 4. The molecule has 0 amide bonds. The minimum absolute atomic E-state index is 0.0533. The third-order valence-corrected chi connectivity index (χ3v) is 4.11. The van der Waals surface area contributed by atoms with Gasteiger partial charge in [-0.3, -0.25) is 19.2 Å². The number of rotatable bonds is 8. The third-order valence-electron chi connectivity index (χ3n) is 4.11. The van der Waals surface area contributed by atoms with E-state index in [1.54, 1.807) is 20.8 Å². The second-order valence-electron chi connectivity index (χ2n) is 6.14. The van der Waals surface area contributed by atoms with Crippen LogP contribution < -0.4 is 0 Å². The highest BCUT2D eigenvalue weighted by Gasteiger charge is 2.32. The quantitative estimate of drug-likeness (QED) is 0.712. The average molecular weight is 316 g/mol. The summed E-state index contributed by atoms with van der Waals surface area (Å²) in [6.45, 7) is 9.73. The second-order valence-corrected chi connectivity index (χ2v) is 6.14. The van der Waals surface area contributed by atoms with Gasteiger partial charge in [0, 0.05) is 11.8 Å². The van der Waals surface area contributed by atoms with Crippen molar-refractivity contribution in [2.45, 2.75) is 67.2 Å². The van der Waals surface area contributed by atoms with Gasteiger partial charge in [0.2, 0.25) is 0 Å². The molecule has 0 spiro atoms. The zero-order valence-electron chi connectivity index (χ0n) is 14.4. The molecule has 0 saturated heterocycles. The first-order chi connectivity index (χ1) is 9.84. The second kappa shape index (κ2) is 9.33. The predicted octanol–water partition coefficient (Wildman–Crippen LogP) is 2.93. The molecule has 6 heteroatoms. The summed E-state index contributed by atoms with van der Waals surface area (Å²) in [5.74, 6) is -1.93. The topological polar surface area (TPSA) is 109 Å². The van der Waals surface area contributed by atoms with E-state index in [-0.39, 0.29) is 24.4 Å². The molecule has 0 aliphatic carbocycles. The number of carboxylic acid groups (broad SMARTS) is 2. The van der Waals surface area contributed by atoms with Crippen molar-refractivity contribution < 1.29 is 29.4 Å². The van der Waals surface area contributed by atoms with Crippen LogP contribution in [-0.4, -0.2) is 33.7 Å².